The highest BCUT2D eigenvalue weighted by Gasteiger charge is 2.48. The molecule has 2 amide bonds. The molecule has 1 N–H and O–H groups in total. The first-order valence-electron chi connectivity index (χ1n) is 8.96. The van der Waals surface area contributed by atoms with Crippen LogP contribution in [0.1, 0.15) is 31.2 Å². The molecule has 5 heteroatoms. The molecule has 1 unspecified atom stereocenters. The second kappa shape index (κ2) is 5.88. The zero-order chi connectivity index (χ0) is 16.7. The van der Waals surface area contributed by atoms with E-state index in [2.05, 4.69) is 16.3 Å². The van der Waals surface area contributed by atoms with Crippen LogP contribution < -0.4 is 5.32 Å². The Bertz CT molecular complexity index is 664. The fourth-order valence-corrected chi connectivity index (χ4v) is 4.60. The van der Waals surface area contributed by atoms with E-state index in [4.69, 9.17) is 0 Å². The number of fused-ring (bicyclic) bond motifs is 2. The maximum atomic E-state index is 12.6. The number of nitrogens with zero attached hydrogens (tertiary/aromatic N) is 2. The molecule has 0 bridgehead atoms. The van der Waals surface area contributed by atoms with Gasteiger partial charge in [0.1, 0.15) is 0 Å². The van der Waals surface area contributed by atoms with E-state index < -0.39 is 0 Å². The molecular weight excluding hydrogens is 302 g/mol. The van der Waals surface area contributed by atoms with Crippen molar-refractivity contribution in [2.24, 2.45) is 5.92 Å². The number of hydrogen-bond acceptors (Lipinski definition) is 3. The summed E-state index contributed by atoms with van der Waals surface area (Å²) in [6.07, 6.45) is 3.44. The molecular formula is C19H25N3O2. The molecule has 128 valence electrons. The van der Waals surface area contributed by atoms with Crippen LogP contribution in [0.2, 0.25) is 0 Å². The van der Waals surface area contributed by atoms with Crippen LogP contribution in [0.5, 0.6) is 0 Å². The van der Waals surface area contributed by atoms with Crippen molar-refractivity contribution in [3.05, 3.63) is 29.8 Å². The van der Waals surface area contributed by atoms with E-state index >= 15 is 0 Å². The van der Waals surface area contributed by atoms with E-state index in [1.165, 1.54) is 5.56 Å². The van der Waals surface area contributed by atoms with Crippen LogP contribution in [0.3, 0.4) is 0 Å². The highest BCUT2D eigenvalue weighted by molar-refractivity contribution is 6.06. The van der Waals surface area contributed by atoms with Crippen LogP contribution in [0.4, 0.5) is 5.69 Å². The predicted octanol–water partition coefficient (Wildman–Crippen LogP) is 1.84. The average molecular weight is 327 g/mol. The summed E-state index contributed by atoms with van der Waals surface area (Å²) in [5.74, 6) is 1.00. The summed E-state index contributed by atoms with van der Waals surface area (Å²) < 4.78 is 0. The molecule has 0 saturated carbocycles. The van der Waals surface area contributed by atoms with Gasteiger partial charge in [0.2, 0.25) is 11.8 Å². The largest absolute Gasteiger partial charge is 0.345 e. The lowest BCUT2D eigenvalue weighted by molar-refractivity contribution is -0.133. The molecule has 3 aliphatic rings. The van der Waals surface area contributed by atoms with E-state index in [0.29, 0.717) is 12.3 Å². The van der Waals surface area contributed by atoms with Crippen molar-refractivity contribution in [3.8, 4) is 0 Å². The van der Waals surface area contributed by atoms with Gasteiger partial charge in [0.25, 0.3) is 0 Å². The second-order valence-corrected chi connectivity index (χ2v) is 7.56. The van der Waals surface area contributed by atoms with Gasteiger partial charge in [-0.25, -0.2) is 0 Å². The van der Waals surface area contributed by atoms with Crippen LogP contribution >= 0.6 is 0 Å². The topological polar surface area (TPSA) is 52.6 Å². The second-order valence-electron chi connectivity index (χ2n) is 7.56. The van der Waals surface area contributed by atoms with Gasteiger partial charge in [0, 0.05) is 32.2 Å². The molecule has 24 heavy (non-hydrogen) atoms. The average Bonchev–Trinajstić information content (AvgIpc) is 2.85. The Balaban J connectivity index is 1.41. The van der Waals surface area contributed by atoms with E-state index in [9.17, 15) is 9.59 Å². The summed E-state index contributed by atoms with van der Waals surface area (Å²) >= 11 is 0. The molecule has 2 saturated heterocycles. The van der Waals surface area contributed by atoms with Crippen LogP contribution in [0.25, 0.3) is 0 Å². The Morgan fingerprint density at radius 2 is 1.96 bits per heavy atom. The summed E-state index contributed by atoms with van der Waals surface area (Å²) in [6, 6.07) is 8.12. The number of para-hydroxylation sites is 1. The zero-order valence-corrected chi connectivity index (χ0v) is 14.3. The van der Waals surface area contributed by atoms with Gasteiger partial charge in [-0.3, -0.25) is 9.59 Å². The quantitative estimate of drug-likeness (QED) is 0.902. The zero-order valence-electron chi connectivity index (χ0n) is 14.3. The van der Waals surface area contributed by atoms with E-state index in [1.807, 2.05) is 30.1 Å². The Labute approximate surface area is 143 Å². The first kappa shape index (κ1) is 15.6. The van der Waals surface area contributed by atoms with Gasteiger partial charge in [-0.15, -0.1) is 0 Å². The van der Waals surface area contributed by atoms with Crippen LogP contribution in [0.15, 0.2) is 24.3 Å². The molecule has 0 aromatic heterocycles. The summed E-state index contributed by atoms with van der Waals surface area (Å²) in [7, 11) is 1.90. The number of hydrogen-bond donors (Lipinski definition) is 1. The summed E-state index contributed by atoms with van der Waals surface area (Å²) in [4.78, 5) is 28.6. The fourth-order valence-electron chi connectivity index (χ4n) is 4.60. The van der Waals surface area contributed by atoms with Crippen molar-refractivity contribution >= 4 is 17.5 Å². The SMILES string of the molecule is CN1CC(CN2CCC3(CC2)C(=O)Nc2ccccc23)CCC1=O. The van der Waals surface area contributed by atoms with Gasteiger partial charge < -0.3 is 15.1 Å². The minimum atomic E-state index is -0.327. The minimum Gasteiger partial charge on any atom is -0.345 e. The summed E-state index contributed by atoms with van der Waals surface area (Å²) in [5, 5.41) is 3.06. The van der Waals surface area contributed by atoms with E-state index in [0.717, 1.165) is 51.1 Å². The first-order valence-corrected chi connectivity index (χ1v) is 8.96. The molecule has 3 aliphatic heterocycles. The third-order valence-corrected chi connectivity index (χ3v) is 6.08. The number of anilines is 1. The minimum absolute atomic E-state index is 0.173. The summed E-state index contributed by atoms with van der Waals surface area (Å²) in [6.45, 7) is 3.81. The van der Waals surface area contributed by atoms with Crippen LogP contribution in [-0.2, 0) is 15.0 Å². The maximum Gasteiger partial charge on any atom is 0.235 e. The highest BCUT2D eigenvalue weighted by Crippen LogP contribution is 2.44. The third-order valence-electron chi connectivity index (χ3n) is 6.08. The molecule has 4 rings (SSSR count). The van der Waals surface area contributed by atoms with Crippen LogP contribution in [0, 0.1) is 5.92 Å². The molecule has 1 aromatic carbocycles. The van der Waals surface area contributed by atoms with E-state index in [-0.39, 0.29) is 17.2 Å². The number of piperidine rings is 2. The Kier molecular flexibility index (Phi) is 3.83. The molecule has 1 atom stereocenters. The Hall–Kier alpha value is -1.88. The normalized spacial score (nSPS) is 26.5. The van der Waals surface area contributed by atoms with Gasteiger partial charge in [0.15, 0.2) is 0 Å². The van der Waals surface area contributed by atoms with Crippen molar-refractivity contribution in [2.75, 3.05) is 38.5 Å². The third kappa shape index (κ3) is 2.51. The van der Waals surface area contributed by atoms with Gasteiger partial charge in [-0.1, -0.05) is 18.2 Å². The molecule has 3 heterocycles. The molecule has 0 radical (unpaired) electrons. The van der Waals surface area contributed by atoms with Crippen molar-refractivity contribution in [1.82, 2.24) is 9.80 Å². The van der Waals surface area contributed by atoms with E-state index in [1.54, 1.807) is 0 Å². The molecule has 1 spiro atoms. The molecule has 2 fully saturated rings. The number of benzene rings is 1. The smallest absolute Gasteiger partial charge is 0.235 e. The number of rotatable bonds is 2. The highest BCUT2D eigenvalue weighted by atomic mass is 16.2. The summed E-state index contributed by atoms with van der Waals surface area (Å²) in [5.41, 5.74) is 1.84. The van der Waals surface area contributed by atoms with Crippen molar-refractivity contribution < 1.29 is 9.59 Å². The predicted molar refractivity (Wildman–Crippen MR) is 92.8 cm³/mol. The number of amides is 2. The first-order chi connectivity index (χ1) is 11.6. The molecule has 0 aliphatic carbocycles. The van der Waals surface area contributed by atoms with Crippen molar-refractivity contribution in [1.29, 1.82) is 0 Å². The van der Waals surface area contributed by atoms with Gasteiger partial charge in [-0.2, -0.15) is 0 Å². The molecule has 1 aromatic rings. The lowest BCUT2D eigenvalue weighted by Crippen LogP contribution is -2.49. The lowest BCUT2D eigenvalue weighted by atomic mass is 9.73. The number of nitrogens with one attached hydrogen (secondary N) is 1. The number of carbonyl (C=O) groups is 2. The van der Waals surface area contributed by atoms with Gasteiger partial charge in [0.05, 0.1) is 5.41 Å². The lowest BCUT2D eigenvalue weighted by Gasteiger charge is -2.40. The monoisotopic (exact) mass is 327 g/mol. The Morgan fingerprint density at radius 1 is 1.21 bits per heavy atom. The van der Waals surface area contributed by atoms with Crippen molar-refractivity contribution in [3.63, 3.8) is 0 Å². The fraction of sp³-hybridized carbons (Fsp3) is 0.579. The molecule has 5 nitrogen and oxygen atoms in total. The standard InChI is InChI=1S/C19H25N3O2/c1-21-12-14(6-7-17(21)23)13-22-10-8-19(9-11-22)15-4-2-3-5-16(15)20-18(19)24/h2-5,14H,6-13H2,1H3,(H,20,24). The van der Waals surface area contributed by atoms with Crippen LogP contribution in [-0.4, -0.2) is 54.8 Å². The van der Waals surface area contributed by atoms with Crippen molar-refractivity contribution in [2.45, 2.75) is 31.1 Å². The maximum absolute atomic E-state index is 12.6. The number of likely N-dealkylation sites (tertiary alicyclic amines) is 2. The van der Waals surface area contributed by atoms with Gasteiger partial charge >= 0.3 is 0 Å². The number of carbonyl (C=O) groups excluding carboxylic acids is 2. The Morgan fingerprint density at radius 3 is 2.71 bits per heavy atom. The van der Waals surface area contributed by atoms with Gasteiger partial charge in [-0.05, 0) is 49.9 Å².